The van der Waals surface area contributed by atoms with E-state index in [1.54, 1.807) is 12.1 Å². The summed E-state index contributed by atoms with van der Waals surface area (Å²) in [4.78, 5) is 18.8. The van der Waals surface area contributed by atoms with E-state index in [-0.39, 0.29) is 11.5 Å². The Morgan fingerprint density at radius 2 is 1.67 bits per heavy atom. The van der Waals surface area contributed by atoms with Crippen molar-refractivity contribution in [2.45, 2.75) is 13.8 Å². The number of halogens is 1. The van der Waals surface area contributed by atoms with Gasteiger partial charge in [0.15, 0.2) is 0 Å². The van der Waals surface area contributed by atoms with Gasteiger partial charge in [0.2, 0.25) is 5.78 Å². The fourth-order valence-corrected chi connectivity index (χ4v) is 6.36. The standard InChI is InChI=1S/C26H19ClN2O2S2/c1-13-9-17(27)10-14(2)22(13)24(31)25-23(19-8-7-18(30)11-20(19)33-25)15-3-5-16(6-4-15)26-29-21(28)12-32-26/h3-12,30H,28H2,1-2H3. The molecule has 5 rings (SSSR count). The average Bonchev–Trinajstić information content (AvgIpc) is 3.36. The summed E-state index contributed by atoms with van der Waals surface area (Å²) in [6.45, 7) is 3.80. The Balaban J connectivity index is 1.69. The number of phenols is 1. The highest BCUT2D eigenvalue weighted by molar-refractivity contribution is 7.21. The Bertz CT molecular complexity index is 1510. The Labute approximate surface area is 203 Å². The zero-order chi connectivity index (χ0) is 23.3. The smallest absolute Gasteiger partial charge is 0.204 e. The number of rotatable bonds is 4. The highest BCUT2D eigenvalue weighted by atomic mass is 35.5. The van der Waals surface area contributed by atoms with E-state index >= 15 is 0 Å². The van der Waals surface area contributed by atoms with E-state index in [4.69, 9.17) is 17.3 Å². The first-order valence-electron chi connectivity index (χ1n) is 10.2. The van der Waals surface area contributed by atoms with Crippen molar-refractivity contribution in [3.05, 3.63) is 86.6 Å². The van der Waals surface area contributed by atoms with Crippen LogP contribution < -0.4 is 5.73 Å². The number of ketones is 1. The molecule has 2 heterocycles. The van der Waals surface area contributed by atoms with Crippen LogP contribution >= 0.6 is 34.3 Å². The highest BCUT2D eigenvalue weighted by Gasteiger charge is 2.24. The summed E-state index contributed by atoms with van der Waals surface area (Å²) >= 11 is 9.09. The maximum Gasteiger partial charge on any atom is 0.204 e. The minimum absolute atomic E-state index is 0.0471. The SMILES string of the molecule is Cc1cc(Cl)cc(C)c1C(=O)c1sc2cc(O)ccc2c1-c1ccc(-c2nc(N)cs2)cc1. The molecule has 0 aliphatic carbocycles. The Morgan fingerprint density at radius 3 is 2.30 bits per heavy atom. The fourth-order valence-electron chi connectivity index (χ4n) is 4.11. The molecule has 3 N–H and O–H groups in total. The minimum Gasteiger partial charge on any atom is -0.508 e. The molecule has 0 unspecified atom stereocenters. The van der Waals surface area contributed by atoms with Crippen molar-refractivity contribution >= 4 is 56.0 Å². The van der Waals surface area contributed by atoms with E-state index in [1.807, 2.05) is 61.7 Å². The molecule has 4 nitrogen and oxygen atoms in total. The van der Waals surface area contributed by atoms with Crippen molar-refractivity contribution in [2.75, 3.05) is 5.73 Å². The lowest BCUT2D eigenvalue weighted by Gasteiger charge is -2.11. The average molecular weight is 491 g/mol. The number of hydrogen-bond donors (Lipinski definition) is 2. The summed E-state index contributed by atoms with van der Waals surface area (Å²) in [5, 5.41) is 14.2. The van der Waals surface area contributed by atoms with Crippen LogP contribution in [-0.4, -0.2) is 15.9 Å². The van der Waals surface area contributed by atoms with Crippen molar-refractivity contribution in [1.82, 2.24) is 4.98 Å². The molecule has 0 spiro atoms. The van der Waals surface area contributed by atoms with Gasteiger partial charge < -0.3 is 10.8 Å². The molecular formula is C26H19ClN2O2S2. The molecule has 0 saturated carbocycles. The second-order valence-electron chi connectivity index (χ2n) is 7.89. The van der Waals surface area contributed by atoms with Gasteiger partial charge in [0.1, 0.15) is 16.6 Å². The molecule has 0 bridgehead atoms. The minimum atomic E-state index is -0.0471. The van der Waals surface area contributed by atoms with Gasteiger partial charge in [0.05, 0.1) is 4.88 Å². The van der Waals surface area contributed by atoms with Gasteiger partial charge in [0.25, 0.3) is 0 Å². The van der Waals surface area contributed by atoms with E-state index in [9.17, 15) is 9.90 Å². The molecule has 33 heavy (non-hydrogen) atoms. The summed E-state index contributed by atoms with van der Waals surface area (Å²) in [5.74, 6) is 0.628. The first-order chi connectivity index (χ1) is 15.8. The van der Waals surface area contributed by atoms with Gasteiger partial charge in [-0.25, -0.2) is 4.98 Å². The summed E-state index contributed by atoms with van der Waals surface area (Å²) in [7, 11) is 0. The van der Waals surface area contributed by atoms with E-state index in [0.29, 0.717) is 21.3 Å². The van der Waals surface area contributed by atoms with Crippen LogP contribution in [0.4, 0.5) is 5.82 Å². The van der Waals surface area contributed by atoms with E-state index in [2.05, 4.69) is 4.98 Å². The molecule has 0 amide bonds. The number of aromatic nitrogens is 1. The molecule has 0 atom stereocenters. The number of nitrogens with two attached hydrogens (primary N) is 1. The predicted octanol–water partition coefficient (Wildman–Crippen LogP) is 7.48. The summed E-state index contributed by atoms with van der Waals surface area (Å²) in [6, 6.07) is 16.8. The zero-order valence-electron chi connectivity index (χ0n) is 17.8. The normalized spacial score (nSPS) is 11.2. The Kier molecular flexibility index (Phi) is 5.44. The number of aryl methyl sites for hydroxylation is 2. The molecule has 3 aromatic carbocycles. The molecule has 0 aliphatic rings. The first-order valence-corrected chi connectivity index (χ1v) is 12.3. The van der Waals surface area contributed by atoms with Crippen LogP contribution in [0.15, 0.2) is 60.0 Å². The van der Waals surface area contributed by atoms with Gasteiger partial charge in [0, 0.05) is 37.2 Å². The number of thiophene rings is 1. The molecule has 0 radical (unpaired) electrons. The van der Waals surface area contributed by atoms with Crippen LogP contribution in [0, 0.1) is 13.8 Å². The number of thiazole rings is 1. The molecule has 2 aromatic heterocycles. The van der Waals surface area contributed by atoms with Crippen molar-refractivity contribution in [2.24, 2.45) is 0 Å². The molecule has 0 fully saturated rings. The largest absolute Gasteiger partial charge is 0.508 e. The van der Waals surface area contributed by atoms with Crippen LogP contribution in [-0.2, 0) is 0 Å². The quantitative estimate of drug-likeness (QED) is 0.256. The number of aromatic hydroxyl groups is 1. The lowest BCUT2D eigenvalue weighted by molar-refractivity contribution is 0.104. The van der Waals surface area contributed by atoms with Gasteiger partial charge in [-0.15, -0.1) is 22.7 Å². The Morgan fingerprint density at radius 1 is 1.00 bits per heavy atom. The summed E-state index contributed by atoms with van der Waals surface area (Å²) in [5.41, 5.74) is 10.9. The Hall–Kier alpha value is -3.19. The highest BCUT2D eigenvalue weighted by Crippen LogP contribution is 2.42. The molecule has 164 valence electrons. The molecule has 5 aromatic rings. The van der Waals surface area contributed by atoms with Crippen LogP contribution in [0.25, 0.3) is 31.8 Å². The van der Waals surface area contributed by atoms with Crippen LogP contribution in [0.3, 0.4) is 0 Å². The molecule has 0 saturated heterocycles. The van der Waals surface area contributed by atoms with E-state index in [1.165, 1.54) is 22.7 Å². The summed E-state index contributed by atoms with van der Waals surface area (Å²) < 4.78 is 0.856. The van der Waals surface area contributed by atoms with Gasteiger partial charge >= 0.3 is 0 Å². The van der Waals surface area contributed by atoms with Gasteiger partial charge in [-0.2, -0.15) is 0 Å². The van der Waals surface area contributed by atoms with E-state index < -0.39 is 0 Å². The van der Waals surface area contributed by atoms with Crippen LogP contribution in [0.2, 0.25) is 5.02 Å². The first kappa shape index (κ1) is 21.6. The lowest BCUT2D eigenvalue weighted by atomic mass is 9.93. The van der Waals surface area contributed by atoms with Crippen LogP contribution in [0.5, 0.6) is 5.75 Å². The number of carbonyl (C=O) groups excluding carboxylic acids is 1. The molecule has 7 heteroatoms. The number of nitrogen functional groups attached to an aromatic ring is 1. The predicted molar refractivity (Wildman–Crippen MR) is 139 cm³/mol. The van der Waals surface area contributed by atoms with Crippen molar-refractivity contribution in [3.8, 4) is 27.4 Å². The number of fused-ring (bicyclic) bond motifs is 1. The fraction of sp³-hybridized carbons (Fsp3) is 0.0769. The zero-order valence-corrected chi connectivity index (χ0v) is 20.2. The number of carbonyl (C=O) groups is 1. The molecule has 0 aliphatic heterocycles. The third kappa shape index (κ3) is 3.91. The molecular weight excluding hydrogens is 472 g/mol. The van der Waals surface area contributed by atoms with Crippen molar-refractivity contribution in [1.29, 1.82) is 0 Å². The van der Waals surface area contributed by atoms with E-state index in [0.717, 1.165) is 42.9 Å². The summed E-state index contributed by atoms with van der Waals surface area (Å²) in [6.07, 6.45) is 0. The second-order valence-corrected chi connectivity index (χ2v) is 10.2. The third-order valence-electron chi connectivity index (χ3n) is 5.55. The number of nitrogens with zero attached hydrogens (tertiary/aromatic N) is 1. The maximum absolute atomic E-state index is 13.8. The van der Waals surface area contributed by atoms with Crippen molar-refractivity contribution in [3.63, 3.8) is 0 Å². The van der Waals surface area contributed by atoms with Gasteiger partial charge in [-0.05, 0) is 60.9 Å². The van der Waals surface area contributed by atoms with Gasteiger partial charge in [-0.1, -0.05) is 35.9 Å². The second kappa shape index (κ2) is 8.30. The number of hydrogen-bond acceptors (Lipinski definition) is 6. The van der Waals surface area contributed by atoms with Crippen molar-refractivity contribution < 1.29 is 9.90 Å². The van der Waals surface area contributed by atoms with Crippen LogP contribution in [0.1, 0.15) is 26.4 Å². The van der Waals surface area contributed by atoms with Gasteiger partial charge in [-0.3, -0.25) is 4.79 Å². The lowest BCUT2D eigenvalue weighted by Crippen LogP contribution is -2.06. The number of phenolic OH excluding ortho intramolecular Hbond substituents is 1. The number of anilines is 1. The topological polar surface area (TPSA) is 76.2 Å². The monoisotopic (exact) mass is 490 g/mol. The maximum atomic E-state index is 13.8. The third-order valence-corrected chi connectivity index (χ3v) is 7.83. The number of benzene rings is 3.